The van der Waals surface area contributed by atoms with Crippen molar-refractivity contribution in [3.8, 4) is 5.75 Å². The van der Waals surface area contributed by atoms with Gasteiger partial charge in [0.15, 0.2) is 17.6 Å². The molecule has 11 heteroatoms. The van der Waals surface area contributed by atoms with Gasteiger partial charge in [-0.25, -0.2) is 0 Å². The average Bonchev–Trinajstić information content (AvgIpc) is 3.13. The predicted molar refractivity (Wildman–Crippen MR) is 130 cm³/mol. The van der Waals surface area contributed by atoms with Crippen molar-refractivity contribution in [2.75, 3.05) is 17.7 Å². The van der Waals surface area contributed by atoms with Gasteiger partial charge in [-0.05, 0) is 37.1 Å². The van der Waals surface area contributed by atoms with E-state index in [0.29, 0.717) is 27.4 Å². The normalized spacial score (nSPS) is 10.7. The van der Waals surface area contributed by atoms with E-state index in [1.807, 2.05) is 32.0 Å². The molecule has 0 saturated carbocycles. The summed E-state index contributed by atoms with van der Waals surface area (Å²) in [6.07, 6.45) is 0. The summed E-state index contributed by atoms with van der Waals surface area (Å²) < 4.78 is 7.38. The highest BCUT2D eigenvalue weighted by atomic mass is 35.5. The van der Waals surface area contributed by atoms with Crippen LogP contribution in [0.4, 0.5) is 5.69 Å². The van der Waals surface area contributed by atoms with Gasteiger partial charge in [0.1, 0.15) is 5.75 Å². The van der Waals surface area contributed by atoms with Crippen LogP contribution in [0.1, 0.15) is 17.0 Å². The Hall–Kier alpha value is -2.75. The number of para-hydroxylation sites is 1. The van der Waals surface area contributed by atoms with E-state index in [2.05, 4.69) is 20.8 Å². The van der Waals surface area contributed by atoms with Gasteiger partial charge in [-0.15, -0.1) is 10.2 Å². The highest BCUT2D eigenvalue weighted by molar-refractivity contribution is 7.99. The van der Waals surface area contributed by atoms with Crippen LogP contribution in [0.5, 0.6) is 5.75 Å². The second-order valence-corrected chi connectivity index (χ2v) is 8.91. The molecule has 8 nitrogen and oxygen atoms in total. The third kappa shape index (κ3) is 6.63. The van der Waals surface area contributed by atoms with Crippen molar-refractivity contribution >= 4 is 52.5 Å². The lowest BCUT2D eigenvalue weighted by atomic mass is 10.1. The van der Waals surface area contributed by atoms with E-state index in [1.165, 1.54) is 11.8 Å². The number of hydrogen-bond donors (Lipinski definition) is 2. The molecule has 0 atom stereocenters. The SMILES string of the molecule is Cc1cccc(C)c1OCC(=O)NCc1nnc(SCC(=O)Nc2cccc(Cl)c2Cl)n1C. The maximum Gasteiger partial charge on any atom is 0.258 e. The van der Waals surface area contributed by atoms with Gasteiger partial charge in [-0.3, -0.25) is 9.59 Å². The van der Waals surface area contributed by atoms with E-state index >= 15 is 0 Å². The average molecular weight is 508 g/mol. The Morgan fingerprint density at radius 1 is 1.06 bits per heavy atom. The van der Waals surface area contributed by atoms with Crippen LogP contribution in [-0.4, -0.2) is 38.9 Å². The molecule has 0 aliphatic carbocycles. The van der Waals surface area contributed by atoms with Gasteiger partial charge in [-0.2, -0.15) is 0 Å². The van der Waals surface area contributed by atoms with E-state index in [9.17, 15) is 9.59 Å². The summed E-state index contributed by atoms with van der Waals surface area (Å²) in [5, 5.41) is 14.9. The largest absolute Gasteiger partial charge is 0.483 e. The molecule has 174 valence electrons. The Balaban J connectivity index is 1.47. The van der Waals surface area contributed by atoms with Crippen molar-refractivity contribution in [3.05, 3.63) is 63.4 Å². The van der Waals surface area contributed by atoms with Gasteiger partial charge in [0.05, 0.1) is 28.0 Å². The standard InChI is InChI=1S/C22H23Cl2N5O3S/c1-13-6-4-7-14(2)21(13)32-11-18(30)25-10-17-27-28-22(29(17)3)33-12-19(31)26-16-9-5-8-15(23)20(16)24/h4-9H,10-12H2,1-3H3,(H,25,30)(H,26,31). The molecule has 0 unspecified atom stereocenters. The number of aryl methyl sites for hydroxylation is 2. The fourth-order valence-corrected chi connectivity index (χ4v) is 4.01. The van der Waals surface area contributed by atoms with Crippen LogP contribution < -0.4 is 15.4 Å². The first-order valence-electron chi connectivity index (χ1n) is 9.97. The maximum absolute atomic E-state index is 12.3. The van der Waals surface area contributed by atoms with E-state index in [0.717, 1.165) is 11.1 Å². The molecular formula is C22H23Cl2N5O3S. The van der Waals surface area contributed by atoms with Gasteiger partial charge in [0.2, 0.25) is 5.91 Å². The lowest BCUT2D eigenvalue weighted by Crippen LogP contribution is -2.29. The first-order chi connectivity index (χ1) is 15.8. The molecule has 33 heavy (non-hydrogen) atoms. The third-order valence-corrected chi connectivity index (χ3v) is 6.52. The zero-order valence-corrected chi connectivity index (χ0v) is 20.6. The van der Waals surface area contributed by atoms with Crippen molar-refractivity contribution in [1.29, 1.82) is 0 Å². The Morgan fingerprint density at radius 3 is 2.48 bits per heavy atom. The molecule has 0 aliphatic rings. The van der Waals surface area contributed by atoms with E-state index < -0.39 is 0 Å². The minimum absolute atomic E-state index is 0.0998. The third-order valence-electron chi connectivity index (χ3n) is 4.68. The first kappa shape index (κ1) is 24.9. The van der Waals surface area contributed by atoms with Crippen LogP contribution in [0.2, 0.25) is 10.0 Å². The number of amides is 2. The predicted octanol–water partition coefficient (Wildman–Crippen LogP) is 4.16. The number of nitrogens with zero attached hydrogens (tertiary/aromatic N) is 3. The number of anilines is 1. The van der Waals surface area contributed by atoms with E-state index in [1.54, 1.807) is 29.8 Å². The topological polar surface area (TPSA) is 98.1 Å². The quantitative estimate of drug-likeness (QED) is 0.421. The number of halogens is 2. The Bertz CT molecular complexity index is 1150. The number of aromatic nitrogens is 3. The summed E-state index contributed by atoms with van der Waals surface area (Å²) in [6.45, 7) is 3.95. The van der Waals surface area contributed by atoms with E-state index in [4.69, 9.17) is 27.9 Å². The zero-order valence-electron chi connectivity index (χ0n) is 18.3. The fourth-order valence-electron chi connectivity index (χ4n) is 2.93. The Morgan fingerprint density at radius 2 is 1.76 bits per heavy atom. The lowest BCUT2D eigenvalue weighted by molar-refractivity contribution is -0.123. The van der Waals surface area contributed by atoms with Gasteiger partial charge in [0.25, 0.3) is 5.91 Å². The molecule has 0 fully saturated rings. The summed E-state index contributed by atoms with van der Waals surface area (Å²) in [5.74, 6) is 0.835. The van der Waals surface area contributed by atoms with Crippen molar-refractivity contribution in [3.63, 3.8) is 0 Å². The van der Waals surface area contributed by atoms with Crippen molar-refractivity contribution in [2.45, 2.75) is 25.5 Å². The first-order valence-corrected chi connectivity index (χ1v) is 11.7. The molecule has 0 spiro atoms. The molecule has 3 rings (SSSR count). The van der Waals surface area contributed by atoms with Gasteiger partial charge < -0.3 is 19.9 Å². The van der Waals surface area contributed by atoms with Crippen LogP contribution in [-0.2, 0) is 23.2 Å². The molecule has 0 saturated heterocycles. The second kappa shape index (κ2) is 11.4. The summed E-state index contributed by atoms with van der Waals surface area (Å²) in [7, 11) is 1.77. The van der Waals surface area contributed by atoms with Gasteiger partial charge in [0, 0.05) is 7.05 Å². The fraction of sp³-hybridized carbons (Fsp3) is 0.273. The molecule has 2 N–H and O–H groups in total. The highest BCUT2D eigenvalue weighted by Gasteiger charge is 2.14. The molecule has 1 heterocycles. The minimum atomic E-state index is -0.271. The number of carbonyl (C=O) groups is 2. The molecule has 0 radical (unpaired) electrons. The maximum atomic E-state index is 12.3. The number of hydrogen-bond acceptors (Lipinski definition) is 6. The monoisotopic (exact) mass is 507 g/mol. The van der Waals surface area contributed by atoms with Crippen LogP contribution in [0.15, 0.2) is 41.6 Å². The second-order valence-electron chi connectivity index (χ2n) is 7.18. The molecule has 2 amide bonds. The van der Waals surface area contributed by atoms with Gasteiger partial charge >= 0.3 is 0 Å². The van der Waals surface area contributed by atoms with Gasteiger partial charge in [-0.1, -0.05) is 59.2 Å². The van der Waals surface area contributed by atoms with Crippen LogP contribution in [0.25, 0.3) is 0 Å². The summed E-state index contributed by atoms with van der Waals surface area (Å²) >= 11 is 13.3. The summed E-state index contributed by atoms with van der Waals surface area (Å²) in [4.78, 5) is 24.5. The number of carbonyl (C=O) groups excluding carboxylic acids is 2. The smallest absolute Gasteiger partial charge is 0.258 e. The Kier molecular flexibility index (Phi) is 8.60. The number of rotatable bonds is 9. The van der Waals surface area contributed by atoms with E-state index in [-0.39, 0.29) is 35.7 Å². The van der Waals surface area contributed by atoms with Crippen LogP contribution >= 0.6 is 35.0 Å². The molecular weight excluding hydrogens is 485 g/mol. The molecule has 0 aliphatic heterocycles. The van der Waals surface area contributed by atoms with Crippen molar-refractivity contribution < 1.29 is 14.3 Å². The molecule has 1 aromatic heterocycles. The lowest BCUT2D eigenvalue weighted by Gasteiger charge is -2.12. The molecule has 0 bridgehead atoms. The zero-order chi connectivity index (χ0) is 24.0. The Labute approximate surface area is 206 Å². The summed E-state index contributed by atoms with van der Waals surface area (Å²) in [5.41, 5.74) is 2.39. The van der Waals surface area contributed by atoms with Crippen molar-refractivity contribution in [2.24, 2.45) is 7.05 Å². The van der Waals surface area contributed by atoms with Crippen LogP contribution in [0.3, 0.4) is 0 Å². The number of benzene rings is 2. The van der Waals surface area contributed by atoms with Crippen molar-refractivity contribution in [1.82, 2.24) is 20.1 Å². The summed E-state index contributed by atoms with van der Waals surface area (Å²) in [6, 6.07) is 10.8. The number of thioether (sulfide) groups is 1. The van der Waals surface area contributed by atoms with Crippen LogP contribution in [0, 0.1) is 13.8 Å². The molecule has 3 aromatic rings. The number of ether oxygens (including phenoxy) is 1. The number of nitrogens with one attached hydrogen (secondary N) is 2. The minimum Gasteiger partial charge on any atom is -0.483 e. The highest BCUT2D eigenvalue weighted by Crippen LogP contribution is 2.29. The molecule has 2 aromatic carbocycles.